The summed E-state index contributed by atoms with van der Waals surface area (Å²) in [4.78, 5) is 72.2. The van der Waals surface area contributed by atoms with Gasteiger partial charge in [0.1, 0.15) is 0 Å². The Kier molecular flexibility index (Phi) is 13.6. The Balaban J connectivity index is 1.57. The fraction of sp³-hybridized carbons (Fsp3) is 0.562. The molecule has 0 fully saturated rings. The standard InChI is InChI=1S/C32H42O10/c1-19-25(35)29(39)24(32(27(19)37)42-22(4)34)18-16-14-12-10-8-6-5-7-9-11-13-15-17-23-28(38)26(36)20(2)31(30(23)40)41-21(3)33/h35,38H,5-18H2,1-4H3. The predicted octanol–water partition coefficient (Wildman–Crippen LogP) is 6.05. The van der Waals surface area contributed by atoms with Crippen LogP contribution < -0.4 is 0 Å². The zero-order valence-corrected chi connectivity index (χ0v) is 25.1. The van der Waals surface area contributed by atoms with Gasteiger partial charge in [-0.1, -0.05) is 64.2 Å². The summed E-state index contributed by atoms with van der Waals surface area (Å²) in [6, 6.07) is 0. The number of carbonyl (C=O) groups excluding carboxylic acids is 6. The number of aliphatic hydroxyl groups is 2. The fourth-order valence-corrected chi connectivity index (χ4v) is 5.01. The lowest BCUT2D eigenvalue weighted by atomic mass is 9.90. The number of Topliss-reactive ketones (excluding diaryl/α,β-unsaturated/α-hetero) is 4. The number of hydrogen-bond donors (Lipinski definition) is 2. The molecule has 42 heavy (non-hydrogen) atoms. The highest BCUT2D eigenvalue weighted by molar-refractivity contribution is 6.24. The summed E-state index contributed by atoms with van der Waals surface area (Å²) in [6.07, 6.45) is 11.9. The highest BCUT2D eigenvalue weighted by Gasteiger charge is 2.35. The molecule has 10 nitrogen and oxygen atoms in total. The Morgan fingerprint density at radius 3 is 1.36 bits per heavy atom. The van der Waals surface area contributed by atoms with Gasteiger partial charge in [0.2, 0.25) is 23.1 Å². The lowest BCUT2D eigenvalue weighted by Crippen LogP contribution is -2.25. The fourth-order valence-electron chi connectivity index (χ4n) is 5.01. The monoisotopic (exact) mass is 586 g/mol. The number of allylic oxidation sites excluding steroid dienone is 4. The zero-order chi connectivity index (χ0) is 31.4. The van der Waals surface area contributed by atoms with Gasteiger partial charge in [-0.2, -0.15) is 0 Å². The van der Waals surface area contributed by atoms with E-state index >= 15 is 0 Å². The molecule has 2 N–H and O–H groups in total. The van der Waals surface area contributed by atoms with E-state index in [0.717, 1.165) is 78.1 Å². The van der Waals surface area contributed by atoms with Crippen LogP contribution in [0, 0.1) is 0 Å². The van der Waals surface area contributed by atoms with Crippen molar-refractivity contribution in [3.63, 3.8) is 0 Å². The van der Waals surface area contributed by atoms with Crippen molar-refractivity contribution in [1.82, 2.24) is 0 Å². The SMILES string of the molecule is CC(=O)OC1=C(C)C(=O)C(O)=C(CCCCCCCCCCCCCCC2=C(OC(C)=O)C(=O)C(C)=C(O)C2=O)C1=O. The van der Waals surface area contributed by atoms with Gasteiger partial charge in [0.05, 0.1) is 5.57 Å². The maximum absolute atomic E-state index is 12.6. The summed E-state index contributed by atoms with van der Waals surface area (Å²) in [5.74, 6) is -5.66. The highest BCUT2D eigenvalue weighted by atomic mass is 16.5. The average molecular weight is 587 g/mol. The smallest absolute Gasteiger partial charge is 0.308 e. The first kappa shape index (κ1) is 34.4. The minimum Gasteiger partial charge on any atom is -0.504 e. The first-order chi connectivity index (χ1) is 19.9. The molecule has 0 aliphatic heterocycles. The van der Waals surface area contributed by atoms with E-state index in [4.69, 9.17) is 9.47 Å². The van der Waals surface area contributed by atoms with Crippen LogP contribution in [0.4, 0.5) is 0 Å². The van der Waals surface area contributed by atoms with Crippen LogP contribution in [0.25, 0.3) is 0 Å². The normalized spacial score (nSPS) is 16.2. The Bertz CT molecular complexity index is 1240. The Morgan fingerprint density at radius 1 is 0.500 bits per heavy atom. The molecular formula is C32H42O10. The lowest BCUT2D eigenvalue weighted by Gasteiger charge is -2.18. The topological polar surface area (TPSA) is 161 Å². The van der Waals surface area contributed by atoms with Crippen LogP contribution in [0.5, 0.6) is 0 Å². The highest BCUT2D eigenvalue weighted by Crippen LogP contribution is 2.29. The second-order valence-corrected chi connectivity index (χ2v) is 10.8. The van der Waals surface area contributed by atoms with Crippen molar-refractivity contribution < 1.29 is 48.5 Å². The molecule has 0 heterocycles. The third-order valence-corrected chi connectivity index (χ3v) is 7.42. The Morgan fingerprint density at radius 2 is 0.905 bits per heavy atom. The molecular weight excluding hydrogens is 544 g/mol. The number of rotatable bonds is 17. The number of ether oxygens (including phenoxy) is 2. The van der Waals surface area contributed by atoms with Gasteiger partial charge in [-0.05, 0) is 39.5 Å². The molecule has 0 spiro atoms. The second kappa shape index (κ2) is 16.6. The van der Waals surface area contributed by atoms with Crippen molar-refractivity contribution in [1.29, 1.82) is 0 Å². The van der Waals surface area contributed by atoms with Gasteiger partial charge >= 0.3 is 11.9 Å². The number of esters is 2. The minimum absolute atomic E-state index is 0.00678. The summed E-state index contributed by atoms with van der Waals surface area (Å²) < 4.78 is 9.91. The number of ketones is 4. The van der Waals surface area contributed by atoms with Gasteiger partial charge in [-0.25, -0.2) is 0 Å². The molecule has 10 heteroatoms. The minimum atomic E-state index is -0.693. The Hall–Kier alpha value is -3.82. The van der Waals surface area contributed by atoms with E-state index < -0.39 is 46.6 Å². The van der Waals surface area contributed by atoms with Gasteiger partial charge in [-0.3, -0.25) is 28.8 Å². The van der Waals surface area contributed by atoms with Gasteiger partial charge in [0.15, 0.2) is 23.0 Å². The number of aliphatic hydroxyl groups excluding tert-OH is 2. The second-order valence-electron chi connectivity index (χ2n) is 10.8. The molecule has 0 saturated heterocycles. The van der Waals surface area contributed by atoms with Crippen molar-refractivity contribution in [3.05, 3.63) is 45.3 Å². The van der Waals surface area contributed by atoms with Crippen LogP contribution >= 0.6 is 0 Å². The molecule has 0 aromatic carbocycles. The first-order valence-electron chi connectivity index (χ1n) is 14.7. The number of hydrogen-bond acceptors (Lipinski definition) is 10. The van der Waals surface area contributed by atoms with E-state index in [1.165, 1.54) is 13.8 Å². The van der Waals surface area contributed by atoms with E-state index in [2.05, 4.69) is 0 Å². The average Bonchev–Trinajstić information content (AvgIpc) is 2.94. The lowest BCUT2D eigenvalue weighted by molar-refractivity contribution is -0.140. The van der Waals surface area contributed by atoms with Crippen molar-refractivity contribution >= 4 is 35.1 Å². The summed E-state index contributed by atoms with van der Waals surface area (Å²) >= 11 is 0. The predicted molar refractivity (Wildman–Crippen MR) is 153 cm³/mol. The van der Waals surface area contributed by atoms with Crippen molar-refractivity contribution in [2.45, 2.75) is 118 Å². The van der Waals surface area contributed by atoms with Crippen molar-refractivity contribution in [2.75, 3.05) is 0 Å². The molecule has 0 atom stereocenters. The molecule has 0 amide bonds. The molecule has 2 aliphatic carbocycles. The van der Waals surface area contributed by atoms with E-state index in [0.29, 0.717) is 12.8 Å². The molecule has 0 bridgehead atoms. The molecule has 0 unspecified atom stereocenters. The van der Waals surface area contributed by atoms with E-state index in [1.807, 2.05) is 0 Å². The summed E-state index contributed by atoms with van der Waals surface area (Å²) in [5.41, 5.74) is -0.113. The van der Waals surface area contributed by atoms with Crippen LogP contribution in [0.3, 0.4) is 0 Å². The van der Waals surface area contributed by atoms with Crippen LogP contribution in [-0.4, -0.2) is 45.3 Å². The molecule has 0 saturated carbocycles. The van der Waals surface area contributed by atoms with Gasteiger partial charge < -0.3 is 19.7 Å². The molecule has 0 radical (unpaired) electrons. The third-order valence-electron chi connectivity index (χ3n) is 7.42. The van der Waals surface area contributed by atoms with E-state index in [1.54, 1.807) is 0 Å². The number of unbranched alkanes of at least 4 members (excludes halogenated alkanes) is 11. The number of carbonyl (C=O) groups is 6. The van der Waals surface area contributed by atoms with Crippen LogP contribution in [0.1, 0.15) is 118 Å². The first-order valence-corrected chi connectivity index (χ1v) is 14.7. The summed E-state index contributed by atoms with van der Waals surface area (Å²) in [5, 5.41) is 20.1. The molecule has 0 aromatic rings. The van der Waals surface area contributed by atoms with Crippen molar-refractivity contribution in [2.24, 2.45) is 0 Å². The van der Waals surface area contributed by atoms with Gasteiger partial charge in [0.25, 0.3) is 0 Å². The molecule has 2 rings (SSSR count). The van der Waals surface area contributed by atoms with Crippen LogP contribution in [0.15, 0.2) is 45.3 Å². The maximum atomic E-state index is 12.6. The van der Waals surface area contributed by atoms with Crippen molar-refractivity contribution in [3.8, 4) is 0 Å². The van der Waals surface area contributed by atoms with Crippen LogP contribution in [0.2, 0.25) is 0 Å². The third kappa shape index (κ3) is 9.36. The van der Waals surface area contributed by atoms with Gasteiger partial charge in [0, 0.05) is 30.6 Å². The van der Waals surface area contributed by atoms with E-state index in [-0.39, 0.29) is 46.7 Å². The largest absolute Gasteiger partial charge is 0.504 e. The Labute approximate surface area is 246 Å². The van der Waals surface area contributed by atoms with Crippen LogP contribution in [-0.2, 0) is 38.2 Å². The maximum Gasteiger partial charge on any atom is 0.308 e. The van der Waals surface area contributed by atoms with Gasteiger partial charge in [-0.15, -0.1) is 0 Å². The summed E-state index contributed by atoms with van der Waals surface area (Å²) in [7, 11) is 0. The molecule has 2 aliphatic rings. The molecule has 230 valence electrons. The van der Waals surface area contributed by atoms with E-state index in [9.17, 15) is 39.0 Å². The summed E-state index contributed by atoms with van der Waals surface area (Å²) in [6.45, 7) is 4.99. The zero-order valence-electron chi connectivity index (χ0n) is 25.1. The quantitative estimate of drug-likeness (QED) is 0.117. The molecule has 0 aromatic heterocycles.